The summed E-state index contributed by atoms with van der Waals surface area (Å²) < 4.78 is 32.6. The molecule has 2 rings (SSSR count). The highest BCUT2D eigenvalue weighted by Crippen LogP contribution is 2.24. The van der Waals surface area contributed by atoms with Crippen LogP contribution in [0.2, 0.25) is 0 Å². The van der Waals surface area contributed by atoms with Crippen molar-refractivity contribution in [1.82, 2.24) is 5.32 Å². The molecule has 2 aromatic carbocycles. The average molecular weight is 421 g/mol. The number of hydrogen-bond donors (Lipinski definition) is 2. The van der Waals surface area contributed by atoms with Crippen molar-refractivity contribution in [2.45, 2.75) is 25.2 Å². The molecule has 9 nitrogen and oxygen atoms in total. The summed E-state index contributed by atoms with van der Waals surface area (Å²) in [7, 11) is -4.01. The maximum absolute atomic E-state index is 12.5. The van der Waals surface area contributed by atoms with Gasteiger partial charge in [0, 0.05) is 42.6 Å². The number of hydrogen-bond acceptors (Lipinski definition) is 6. The van der Waals surface area contributed by atoms with Crippen LogP contribution in [0.15, 0.2) is 47.4 Å². The molecular formula is C19H23N3O6S. The molecule has 0 bridgehead atoms. The van der Waals surface area contributed by atoms with E-state index in [9.17, 15) is 23.3 Å². The van der Waals surface area contributed by atoms with E-state index in [4.69, 9.17) is 4.74 Å². The predicted molar refractivity (Wildman–Crippen MR) is 109 cm³/mol. The van der Waals surface area contributed by atoms with Crippen molar-refractivity contribution in [3.05, 3.63) is 63.7 Å². The fourth-order valence-corrected chi connectivity index (χ4v) is 3.56. The summed E-state index contributed by atoms with van der Waals surface area (Å²) in [6.07, 6.45) is 0.695. The van der Waals surface area contributed by atoms with Crippen molar-refractivity contribution in [1.29, 1.82) is 0 Å². The Morgan fingerprint density at radius 3 is 2.48 bits per heavy atom. The summed E-state index contributed by atoms with van der Waals surface area (Å²) in [4.78, 5) is 22.3. The van der Waals surface area contributed by atoms with Crippen molar-refractivity contribution in [2.24, 2.45) is 0 Å². The second-order valence-corrected chi connectivity index (χ2v) is 7.88. The number of carbonyl (C=O) groups excluding carboxylic acids is 1. The number of sulfonamides is 1. The molecule has 29 heavy (non-hydrogen) atoms. The van der Waals surface area contributed by atoms with Crippen LogP contribution in [0.1, 0.15) is 29.3 Å². The fraction of sp³-hybridized carbons (Fsp3) is 0.316. The largest absolute Gasteiger partial charge is 0.382 e. The minimum absolute atomic E-state index is 0.217. The summed E-state index contributed by atoms with van der Waals surface area (Å²) in [5, 5.41) is 13.8. The van der Waals surface area contributed by atoms with Gasteiger partial charge in [-0.15, -0.1) is 0 Å². The monoisotopic (exact) mass is 421 g/mol. The normalized spacial score (nSPS) is 11.1. The number of nitrogens with one attached hydrogen (secondary N) is 2. The fourth-order valence-electron chi connectivity index (χ4n) is 2.48. The van der Waals surface area contributed by atoms with E-state index in [0.717, 1.165) is 6.07 Å². The van der Waals surface area contributed by atoms with Crippen molar-refractivity contribution >= 4 is 27.3 Å². The summed E-state index contributed by atoms with van der Waals surface area (Å²) in [6, 6.07) is 9.59. The van der Waals surface area contributed by atoms with E-state index in [1.807, 2.05) is 6.92 Å². The van der Waals surface area contributed by atoms with Crippen molar-refractivity contribution in [3.8, 4) is 0 Å². The van der Waals surface area contributed by atoms with Gasteiger partial charge in [-0.1, -0.05) is 6.07 Å². The van der Waals surface area contributed by atoms with E-state index in [2.05, 4.69) is 10.0 Å². The van der Waals surface area contributed by atoms with Crippen LogP contribution in [0.25, 0.3) is 0 Å². The summed E-state index contributed by atoms with van der Waals surface area (Å²) in [5.74, 6) is -0.273. The molecule has 10 heteroatoms. The Morgan fingerprint density at radius 2 is 1.86 bits per heavy atom. The first-order valence-electron chi connectivity index (χ1n) is 8.98. The van der Waals surface area contributed by atoms with Gasteiger partial charge in [0.2, 0.25) is 0 Å². The molecule has 0 heterocycles. The lowest BCUT2D eigenvalue weighted by atomic mass is 10.2. The number of benzene rings is 2. The molecule has 0 aromatic heterocycles. The Morgan fingerprint density at radius 1 is 1.17 bits per heavy atom. The van der Waals surface area contributed by atoms with E-state index in [-0.39, 0.29) is 22.2 Å². The Balaban J connectivity index is 2.04. The Labute approximate surface area is 169 Å². The van der Waals surface area contributed by atoms with Gasteiger partial charge in [0.1, 0.15) is 0 Å². The molecule has 156 valence electrons. The highest BCUT2D eigenvalue weighted by molar-refractivity contribution is 7.92. The van der Waals surface area contributed by atoms with Crippen LogP contribution < -0.4 is 10.0 Å². The quantitative estimate of drug-likeness (QED) is 0.345. The minimum Gasteiger partial charge on any atom is -0.382 e. The first-order valence-corrected chi connectivity index (χ1v) is 10.5. The number of anilines is 1. The van der Waals surface area contributed by atoms with Crippen LogP contribution in [0.4, 0.5) is 11.4 Å². The second-order valence-electron chi connectivity index (χ2n) is 6.19. The molecule has 2 N–H and O–H groups in total. The van der Waals surface area contributed by atoms with E-state index in [1.165, 1.54) is 43.3 Å². The topological polar surface area (TPSA) is 128 Å². The van der Waals surface area contributed by atoms with Gasteiger partial charge in [-0.3, -0.25) is 19.6 Å². The summed E-state index contributed by atoms with van der Waals surface area (Å²) in [6.45, 7) is 5.09. The molecule has 0 aliphatic rings. The molecular weight excluding hydrogens is 398 g/mol. The third-order valence-corrected chi connectivity index (χ3v) is 5.42. The number of carbonyl (C=O) groups is 1. The second kappa shape index (κ2) is 9.99. The van der Waals surface area contributed by atoms with Crippen LogP contribution >= 0.6 is 0 Å². The number of rotatable bonds is 10. The van der Waals surface area contributed by atoms with Gasteiger partial charge in [-0.05, 0) is 50.6 Å². The van der Waals surface area contributed by atoms with Crippen LogP contribution in [0.3, 0.4) is 0 Å². The average Bonchev–Trinajstić information content (AvgIpc) is 2.68. The number of nitro groups is 1. The zero-order valence-corrected chi connectivity index (χ0v) is 17.0. The molecule has 0 saturated heterocycles. The van der Waals surface area contributed by atoms with Gasteiger partial charge in [-0.25, -0.2) is 8.42 Å². The van der Waals surface area contributed by atoms with E-state index in [1.54, 1.807) is 0 Å². The Kier molecular flexibility index (Phi) is 7.68. The molecule has 0 atom stereocenters. The van der Waals surface area contributed by atoms with Gasteiger partial charge in [0.15, 0.2) is 0 Å². The van der Waals surface area contributed by atoms with E-state index >= 15 is 0 Å². The first-order chi connectivity index (χ1) is 13.7. The zero-order valence-electron chi connectivity index (χ0n) is 16.2. The SMILES string of the molecule is CCOCCCNC(=O)c1ccc(NS(=O)(=O)c2ccc(C)c([N+](=O)[O-])c2)cc1. The van der Waals surface area contributed by atoms with Crippen molar-refractivity contribution in [2.75, 3.05) is 24.5 Å². The number of amides is 1. The predicted octanol–water partition coefficient (Wildman–Crippen LogP) is 2.86. The number of nitro benzene ring substituents is 1. The van der Waals surface area contributed by atoms with Crippen LogP contribution in [-0.2, 0) is 14.8 Å². The molecule has 1 amide bonds. The standard InChI is InChI=1S/C19H23N3O6S/c1-3-28-12-4-11-20-19(23)15-6-8-16(9-7-15)21-29(26,27)17-10-5-14(2)18(13-17)22(24)25/h5-10,13,21H,3-4,11-12H2,1-2H3,(H,20,23). The van der Waals surface area contributed by atoms with Gasteiger partial charge >= 0.3 is 0 Å². The van der Waals surface area contributed by atoms with Gasteiger partial charge < -0.3 is 10.1 Å². The minimum atomic E-state index is -4.01. The van der Waals surface area contributed by atoms with Gasteiger partial charge in [0.25, 0.3) is 21.6 Å². The molecule has 0 aliphatic carbocycles. The lowest BCUT2D eigenvalue weighted by Gasteiger charge is -2.10. The summed E-state index contributed by atoms with van der Waals surface area (Å²) >= 11 is 0. The smallest absolute Gasteiger partial charge is 0.273 e. The lowest BCUT2D eigenvalue weighted by Crippen LogP contribution is -2.25. The third-order valence-electron chi connectivity index (χ3n) is 4.04. The molecule has 0 fully saturated rings. The Bertz CT molecular complexity index is 974. The zero-order chi connectivity index (χ0) is 21.4. The van der Waals surface area contributed by atoms with Crippen LogP contribution in [0, 0.1) is 17.0 Å². The number of aryl methyl sites for hydroxylation is 1. The molecule has 2 aromatic rings. The number of nitrogens with zero attached hydrogens (tertiary/aromatic N) is 1. The van der Waals surface area contributed by atoms with Crippen LogP contribution in [-0.4, -0.2) is 39.0 Å². The lowest BCUT2D eigenvalue weighted by molar-refractivity contribution is -0.385. The Hall–Kier alpha value is -2.98. The van der Waals surface area contributed by atoms with Crippen molar-refractivity contribution in [3.63, 3.8) is 0 Å². The third kappa shape index (κ3) is 6.26. The van der Waals surface area contributed by atoms with Crippen LogP contribution in [0.5, 0.6) is 0 Å². The number of ether oxygens (including phenoxy) is 1. The molecule has 0 saturated carbocycles. The molecule has 0 aliphatic heterocycles. The molecule has 0 radical (unpaired) electrons. The van der Waals surface area contributed by atoms with Gasteiger partial charge in [-0.2, -0.15) is 0 Å². The van der Waals surface area contributed by atoms with E-state index in [0.29, 0.717) is 37.3 Å². The highest BCUT2D eigenvalue weighted by atomic mass is 32.2. The molecule has 0 unspecified atom stereocenters. The van der Waals surface area contributed by atoms with E-state index < -0.39 is 14.9 Å². The molecule has 0 spiro atoms. The first kappa shape index (κ1) is 22.3. The summed E-state index contributed by atoms with van der Waals surface area (Å²) in [5.41, 5.74) is 0.714. The highest BCUT2D eigenvalue weighted by Gasteiger charge is 2.20. The maximum Gasteiger partial charge on any atom is 0.273 e. The van der Waals surface area contributed by atoms with Gasteiger partial charge in [0.05, 0.1) is 9.82 Å². The van der Waals surface area contributed by atoms with Crippen molar-refractivity contribution < 1.29 is 22.9 Å². The maximum atomic E-state index is 12.5.